The van der Waals surface area contributed by atoms with E-state index in [0.29, 0.717) is 68.5 Å². The zero-order valence-electron chi connectivity index (χ0n) is 30.4. The van der Waals surface area contributed by atoms with E-state index in [2.05, 4.69) is 16.4 Å². The number of amides is 1. The first kappa shape index (κ1) is 39.2. The molecule has 0 radical (unpaired) electrons. The first-order valence-electron chi connectivity index (χ1n) is 18.4. The van der Waals surface area contributed by atoms with E-state index < -0.39 is 35.6 Å². The smallest absolute Gasteiger partial charge is 0.418 e. The second kappa shape index (κ2) is 15.4. The minimum Gasteiger partial charge on any atom is -0.461 e. The summed E-state index contributed by atoms with van der Waals surface area (Å²) in [6.45, 7) is 8.41. The fourth-order valence-corrected chi connectivity index (χ4v) is 8.97. The number of nitrogen functional groups attached to an aromatic ring is 1. The predicted molar refractivity (Wildman–Crippen MR) is 192 cm³/mol. The van der Waals surface area contributed by atoms with Gasteiger partial charge in [0.2, 0.25) is 0 Å². The molecule has 7 heterocycles. The number of likely N-dealkylation sites (tertiary alicyclic amines) is 1. The Morgan fingerprint density at radius 3 is 2.49 bits per heavy atom. The van der Waals surface area contributed by atoms with Crippen LogP contribution in [0, 0.1) is 12.8 Å². The number of nitrogens with zero attached hydrogens (tertiary/aromatic N) is 7. The fraction of sp³-hybridized carbons (Fsp3) is 0.568. The van der Waals surface area contributed by atoms with E-state index in [-0.39, 0.29) is 47.7 Å². The molecular weight excluding hydrogens is 754 g/mol. The number of fused-ring (bicyclic) bond motifs is 3. The zero-order chi connectivity index (χ0) is 39.2. The van der Waals surface area contributed by atoms with Gasteiger partial charge >= 0.3 is 12.2 Å². The number of carbonyl (C=O) groups is 1. The lowest BCUT2D eigenvalue weighted by Crippen LogP contribution is -2.51. The maximum absolute atomic E-state index is 14.3. The Morgan fingerprint density at radius 2 is 1.82 bits per heavy atom. The summed E-state index contributed by atoms with van der Waals surface area (Å²) in [6.07, 6.45) is -2.59. The second-order valence-electron chi connectivity index (χ2n) is 14.9. The Hall–Kier alpha value is -4.09. The molecule has 0 spiro atoms. The van der Waals surface area contributed by atoms with Gasteiger partial charge in [-0.2, -0.15) is 37.0 Å². The summed E-state index contributed by atoms with van der Waals surface area (Å²) in [7, 11) is 0. The number of halogens is 7. The van der Waals surface area contributed by atoms with Gasteiger partial charge in [-0.1, -0.05) is 11.6 Å². The van der Waals surface area contributed by atoms with Crippen molar-refractivity contribution in [3.8, 4) is 6.01 Å². The van der Waals surface area contributed by atoms with E-state index in [4.69, 9.17) is 41.9 Å². The van der Waals surface area contributed by atoms with Crippen LogP contribution in [0.2, 0.25) is 5.02 Å². The van der Waals surface area contributed by atoms with Crippen molar-refractivity contribution in [1.82, 2.24) is 29.5 Å². The summed E-state index contributed by atoms with van der Waals surface area (Å²) in [5.74, 6) is 0.248. The number of benzene rings is 1. The normalized spacial score (nSPS) is 20.8. The monoisotopic (exact) mass is 796 g/mol. The number of nitrogens with two attached hydrogens (primary N) is 1. The van der Waals surface area contributed by atoms with Gasteiger partial charge in [0.05, 0.1) is 53.4 Å². The van der Waals surface area contributed by atoms with Crippen LogP contribution >= 0.6 is 11.6 Å². The highest BCUT2D eigenvalue weighted by atomic mass is 35.5. The average molecular weight is 797 g/mol. The van der Waals surface area contributed by atoms with E-state index in [9.17, 15) is 31.1 Å². The maximum Gasteiger partial charge on any atom is 0.418 e. The van der Waals surface area contributed by atoms with E-state index in [1.807, 2.05) is 11.6 Å². The third-order valence-electron chi connectivity index (χ3n) is 11.3. The van der Waals surface area contributed by atoms with Crippen LogP contribution in [0.4, 0.5) is 37.8 Å². The summed E-state index contributed by atoms with van der Waals surface area (Å²) in [5.41, 5.74) is 8.09. The Kier molecular flexibility index (Phi) is 11.0. The summed E-state index contributed by atoms with van der Waals surface area (Å²) >= 11 is 6.11. The molecule has 1 aromatic carbocycles. The first-order valence-corrected chi connectivity index (χ1v) is 18.8. The molecule has 11 nitrogen and oxygen atoms in total. The van der Waals surface area contributed by atoms with Crippen molar-refractivity contribution in [2.75, 3.05) is 56.6 Å². The Labute approximate surface area is 319 Å². The van der Waals surface area contributed by atoms with Gasteiger partial charge in [0.1, 0.15) is 12.4 Å². The minimum absolute atomic E-state index is 0.0283. The SMILES string of the molecule is C=C(F)F.Cc1c(C(=O)N2CC(CF)C2)nn2c1CN(c1nc(OCC34CCCN3CCC4)nc3c1COC(c1cc(N)cc(Cl)c1C(F)(F)F)C3)CCC2. The highest BCUT2D eigenvalue weighted by Crippen LogP contribution is 2.45. The molecule has 3 saturated heterocycles. The van der Waals surface area contributed by atoms with E-state index in [0.717, 1.165) is 56.1 Å². The number of rotatable bonds is 7. The third kappa shape index (κ3) is 7.84. The van der Waals surface area contributed by atoms with Crippen molar-refractivity contribution in [3.63, 3.8) is 0 Å². The Bertz CT molecular complexity index is 1940. The molecule has 0 saturated carbocycles. The molecule has 1 unspecified atom stereocenters. The highest BCUT2D eigenvalue weighted by Gasteiger charge is 2.45. The van der Waals surface area contributed by atoms with Crippen molar-refractivity contribution < 1.29 is 40.6 Å². The molecule has 0 aliphatic carbocycles. The number of anilines is 2. The molecule has 8 rings (SSSR count). The summed E-state index contributed by atoms with van der Waals surface area (Å²) in [4.78, 5) is 29.3. The minimum atomic E-state index is -4.72. The van der Waals surface area contributed by atoms with E-state index >= 15 is 0 Å². The number of aromatic nitrogens is 4. The predicted octanol–water partition coefficient (Wildman–Crippen LogP) is 6.91. The summed E-state index contributed by atoms with van der Waals surface area (Å²) in [5, 5.41) is 4.21. The van der Waals surface area contributed by atoms with Crippen molar-refractivity contribution in [2.45, 2.75) is 83.0 Å². The first-order chi connectivity index (χ1) is 26.2. The van der Waals surface area contributed by atoms with Crippen LogP contribution in [-0.2, 0) is 37.0 Å². The van der Waals surface area contributed by atoms with Gasteiger partial charge in [-0.25, -0.2) is 0 Å². The molecule has 5 aliphatic rings. The van der Waals surface area contributed by atoms with Crippen molar-refractivity contribution in [3.05, 3.63) is 69.2 Å². The van der Waals surface area contributed by atoms with Crippen LogP contribution in [0.5, 0.6) is 6.01 Å². The quantitative estimate of drug-likeness (QED) is 0.201. The van der Waals surface area contributed by atoms with Gasteiger partial charge in [-0.3, -0.25) is 18.8 Å². The van der Waals surface area contributed by atoms with Gasteiger partial charge in [0, 0.05) is 55.3 Å². The van der Waals surface area contributed by atoms with Crippen molar-refractivity contribution in [2.24, 2.45) is 5.92 Å². The molecule has 1 atom stereocenters. The van der Waals surface area contributed by atoms with Crippen LogP contribution in [0.3, 0.4) is 0 Å². The molecule has 55 heavy (non-hydrogen) atoms. The van der Waals surface area contributed by atoms with Crippen molar-refractivity contribution in [1.29, 1.82) is 0 Å². The van der Waals surface area contributed by atoms with Crippen LogP contribution in [-0.4, -0.2) is 87.0 Å². The molecule has 18 heteroatoms. The Morgan fingerprint density at radius 1 is 1.11 bits per heavy atom. The van der Waals surface area contributed by atoms with Crippen LogP contribution < -0.4 is 15.4 Å². The van der Waals surface area contributed by atoms with Gasteiger partial charge in [-0.05, 0) is 76.4 Å². The number of ether oxygens (including phenoxy) is 2. The number of alkyl halides is 4. The van der Waals surface area contributed by atoms with Gasteiger partial charge in [-0.15, -0.1) is 0 Å². The standard InChI is InChI=1S/C35H41ClF4N8O3.C2H2F2/c1-20-27-17-45(7-4-10-48(27)44-30(20)32(49)46-15-21(14-37)16-46)31-24-18-50-28(23-11-22(41)12-25(36)29(23)35(38,39)40)13-26(24)42-33(43-31)51-19-34-5-2-8-47(34)9-3-6-34;1-2(3)4/h11-12,21,28H,2-10,13-19,41H2,1H3;1H2. The number of carbonyl (C=O) groups excluding carboxylic acids is 1. The van der Waals surface area contributed by atoms with E-state index in [1.54, 1.807) is 4.90 Å². The average Bonchev–Trinajstić information content (AvgIpc) is 3.72. The van der Waals surface area contributed by atoms with E-state index in [1.165, 1.54) is 6.07 Å². The third-order valence-corrected chi connectivity index (χ3v) is 11.6. The van der Waals surface area contributed by atoms with Crippen molar-refractivity contribution >= 4 is 29.0 Å². The molecule has 3 aromatic rings. The van der Waals surface area contributed by atoms with Gasteiger partial charge < -0.3 is 25.0 Å². The molecule has 0 bridgehead atoms. The molecule has 2 aromatic heterocycles. The van der Waals surface area contributed by atoms with Gasteiger partial charge in [0.15, 0.2) is 5.69 Å². The second-order valence-corrected chi connectivity index (χ2v) is 15.3. The number of hydrogen-bond donors (Lipinski definition) is 1. The topological polar surface area (TPSA) is 115 Å². The summed E-state index contributed by atoms with van der Waals surface area (Å²) < 4.78 is 90.7. The van der Waals surface area contributed by atoms with Crippen LogP contribution in [0.15, 0.2) is 24.8 Å². The molecule has 2 N–H and O–H groups in total. The van der Waals surface area contributed by atoms with Gasteiger partial charge in [0.25, 0.3) is 12.0 Å². The molecular formula is C37H43ClF6N8O3. The highest BCUT2D eigenvalue weighted by molar-refractivity contribution is 6.31. The largest absolute Gasteiger partial charge is 0.461 e. The number of aryl methyl sites for hydroxylation is 1. The number of hydrogen-bond acceptors (Lipinski definition) is 9. The molecule has 1 amide bonds. The lowest BCUT2D eigenvalue weighted by molar-refractivity contribution is -0.139. The molecule has 3 fully saturated rings. The van der Waals surface area contributed by atoms with Crippen LogP contribution in [0.25, 0.3) is 0 Å². The lowest BCUT2D eigenvalue weighted by atomic mass is 9.94. The van der Waals surface area contributed by atoms with Crippen LogP contribution in [0.1, 0.15) is 82.3 Å². The zero-order valence-corrected chi connectivity index (χ0v) is 31.2. The Balaban J connectivity index is 0.00000111. The summed E-state index contributed by atoms with van der Waals surface area (Å²) in [6, 6.07) is 2.54. The lowest BCUT2D eigenvalue weighted by Gasteiger charge is -2.37. The maximum atomic E-state index is 14.3. The molecule has 298 valence electrons. The fourth-order valence-electron chi connectivity index (χ4n) is 8.63. The molecule has 5 aliphatic heterocycles.